The largest absolute Gasteiger partial charge is 0.496 e. The maximum absolute atomic E-state index is 12.9. The maximum atomic E-state index is 12.9. The van der Waals surface area contributed by atoms with Crippen molar-refractivity contribution in [1.29, 1.82) is 0 Å². The zero-order chi connectivity index (χ0) is 27.4. The predicted octanol–water partition coefficient (Wildman–Crippen LogP) is 6.11. The lowest BCUT2D eigenvalue weighted by molar-refractivity contribution is -0.127. The highest BCUT2D eigenvalue weighted by atomic mass is 35.5. The first-order valence-electron chi connectivity index (χ1n) is 11.2. The number of imide groups is 1. The number of halogens is 2. The molecule has 2 aromatic carbocycles. The van der Waals surface area contributed by atoms with E-state index in [1.165, 1.54) is 31.4 Å². The number of hydrogen-bond donors (Lipinski definition) is 1. The lowest BCUT2D eigenvalue weighted by Gasteiger charge is -2.13. The van der Waals surface area contributed by atoms with Crippen LogP contribution in [0.2, 0.25) is 10.0 Å². The Morgan fingerprint density at radius 2 is 1.89 bits per heavy atom. The molecule has 0 saturated carbocycles. The Bertz CT molecular complexity index is 1470. The normalized spacial score (nSPS) is 14.2. The summed E-state index contributed by atoms with van der Waals surface area (Å²) < 4.78 is 16.1. The molecule has 1 fully saturated rings. The second-order valence-electron chi connectivity index (χ2n) is 7.78. The van der Waals surface area contributed by atoms with Gasteiger partial charge in [0.25, 0.3) is 11.1 Å². The van der Waals surface area contributed by atoms with Crippen molar-refractivity contribution in [2.45, 2.75) is 6.92 Å². The van der Waals surface area contributed by atoms with Crippen LogP contribution in [0.4, 0.5) is 10.5 Å². The van der Waals surface area contributed by atoms with E-state index in [9.17, 15) is 19.2 Å². The van der Waals surface area contributed by atoms with Crippen molar-refractivity contribution in [3.8, 4) is 17.1 Å². The van der Waals surface area contributed by atoms with E-state index in [0.717, 1.165) is 4.90 Å². The number of rotatable bonds is 8. The van der Waals surface area contributed by atoms with Gasteiger partial charge < -0.3 is 19.2 Å². The fourth-order valence-corrected chi connectivity index (χ4v) is 4.71. The number of nitrogens with zero attached hydrogens (tertiary/aromatic N) is 1. The molecule has 0 unspecified atom stereocenters. The SMILES string of the molecule is CCOC(=O)c1cc(NC(=O)CN2C(=O)S/C(=C/c3ccc(-c4cc(Cl)ccc4OC)o3)C2=O)ccc1Cl. The highest BCUT2D eigenvalue weighted by Crippen LogP contribution is 2.36. The van der Waals surface area contributed by atoms with Gasteiger partial charge in [0.1, 0.15) is 23.8 Å². The van der Waals surface area contributed by atoms with Gasteiger partial charge in [0.2, 0.25) is 5.91 Å². The molecule has 0 aliphatic carbocycles. The minimum atomic E-state index is -0.642. The van der Waals surface area contributed by atoms with Crippen LogP contribution in [0, 0.1) is 0 Å². The standard InChI is InChI=1S/C26H20Cl2N2O7S/c1-3-36-25(33)17-11-15(5-7-19(17)28)29-23(31)13-30-24(32)22(38-26(30)34)12-16-6-9-21(37-16)18-10-14(27)4-8-20(18)35-2/h4-12H,3,13H2,1-2H3,(H,29,31)/b22-12+. The third-order valence-electron chi connectivity index (χ3n) is 5.25. The first kappa shape index (κ1) is 27.3. The molecular formula is C26H20Cl2N2O7S. The Morgan fingerprint density at radius 3 is 2.63 bits per heavy atom. The molecule has 0 atom stereocenters. The number of thioether (sulfide) groups is 1. The summed E-state index contributed by atoms with van der Waals surface area (Å²) in [6.07, 6.45) is 1.42. The molecule has 3 aromatic rings. The highest BCUT2D eigenvalue weighted by molar-refractivity contribution is 8.18. The minimum absolute atomic E-state index is 0.0774. The average Bonchev–Trinajstić information content (AvgIpc) is 3.45. The number of furan rings is 1. The van der Waals surface area contributed by atoms with Crippen molar-refractivity contribution in [3.63, 3.8) is 0 Å². The maximum Gasteiger partial charge on any atom is 0.339 e. The van der Waals surface area contributed by atoms with Crippen LogP contribution in [0.1, 0.15) is 23.0 Å². The molecule has 38 heavy (non-hydrogen) atoms. The molecule has 1 aliphatic rings. The van der Waals surface area contributed by atoms with Gasteiger partial charge in [-0.15, -0.1) is 0 Å². The Hall–Kier alpha value is -3.73. The quantitative estimate of drug-likeness (QED) is 0.253. The summed E-state index contributed by atoms with van der Waals surface area (Å²) in [5.41, 5.74) is 0.955. The van der Waals surface area contributed by atoms with E-state index in [2.05, 4.69) is 5.32 Å². The van der Waals surface area contributed by atoms with E-state index >= 15 is 0 Å². The van der Waals surface area contributed by atoms with E-state index < -0.39 is 29.6 Å². The Labute approximate surface area is 231 Å². The lowest BCUT2D eigenvalue weighted by atomic mass is 10.1. The number of benzene rings is 2. The monoisotopic (exact) mass is 574 g/mol. The molecule has 4 rings (SSSR count). The van der Waals surface area contributed by atoms with Crippen LogP contribution in [0.5, 0.6) is 5.75 Å². The number of carbonyl (C=O) groups excluding carboxylic acids is 4. The molecular weight excluding hydrogens is 555 g/mol. The zero-order valence-electron chi connectivity index (χ0n) is 20.1. The van der Waals surface area contributed by atoms with Crippen LogP contribution >= 0.6 is 35.0 Å². The number of ether oxygens (including phenoxy) is 2. The van der Waals surface area contributed by atoms with Gasteiger partial charge in [-0.25, -0.2) is 4.79 Å². The number of methoxy groups -OCH3 is 1. The minimum Gasteiger partial charge on any atom is -0.496 e. The summed E-state index contributed by atoms with van der Waals surface area (Å²) in [5, 5.41) is 2.60. The topological polar surface area (TPSA) is 115 Å². The molecule has 0 radical (unpaired) electrons. The molecule has 3 amide bonds. The average molecular weight is 575 g/mol. The molecule has 1 aliphatic heterocycles. The molecule has 0 spiro atoms. The van der Waals surface area contributed by atoms with Crippen molar-refractivity contribution < 1.29 is 33.1 Å². The Balaban J connectivity index is 1.45. The summed E-state index contributed by atoms with van der Waals surface area (Å²) in [4.78, 5) is 50.9. The predicted molar refractivity (Wildman–Crippen MR) is 144 cm³/mol. The number of nitrogens with one attached hydrogen (secondary N) is 1. The number of esters is 1. The van der Waals surface area contributed by atoms with Crippen molar-refractivity contribution in [2.24, 2.45) is 0 Å². The van der Waals surface area contributed by atoms with Gasteiger partial charge >= 0.3 is 5.97 Å². The van der Waals surface area contributed by atoms with Gasteiger partial charge in [-0.3, -0.25) is 19.3 Å². The van der Waals surface area contributed by atoms with Crippen LogP contribution in [0.15, 0.2) is 57.9 Å². The number of amides is 3. The summed E-state index contributed by atoms with van der Waals surface area (Å²) in [6, 6.07) is 12.7. The Kier molecular flexibility index (Phi) is 8.45. The zero-order valence-corrected chi connectivity index (χ0v) is 22.4. The molecule has 1 aromatic heterocycles. The van der Waals surface area contributed by atoms with Crippen LogP contribution < -0.4 is 10.1 Å². The van der Waals surface area contributed by atoms with Gasteiger partial charge in [0.05, 0.1) is 34.8 Å². The first-order valence-corrected chi connectivity index (χ1v) is 12.7. The van der Waals surface area contributed by atoms with Crippen molar-refractivity contribution in [1.82, 2.24) is 4.90 Å². The molecule has 196 valence electrons. The Morgan fingerprint density at radius 1 is 1.11 bits per heavy atom. The molecule has 0 bridgehead atoms. The lowest BCUT2D eigenvalue weighted by Crippen LogP contribution is -2.36. The van der Waals surface area contributed by atoms with Crippen molar-refractivity contribution in [3.05, 3.63) is 74.8 Å². The van der Waals surface area contributed by atoms with Gasteiger partial charge in [0, 0.05) is 16.8 Å². The van der Waals surface area contributed by atoms with Gasteiger partial charge in [-0.2, -0.15) is 0 Å². The fraction of sp³-hybridized carbons (Fsp3) is 0.154. The van der Waals surface area contributed by atoms with Gasteiger partial charge in [-0.05, 0) is 67.2 Å². The second kappa shape index (κ2) is 11.8. The number of carbonyl (C=O) groups is 4. The van der Waals surface area contributed by atoms with E-state index in [0.29, 0.717) is 39.6 Å². The smallest absolute Gasteiger partial charge is 0.339 e. The third kappa shape index (κ3) is 6.04. The number of hydrogen-bond acceptors (Lipinski definition) is 8. The van der Waals surface area contributed by atoms with E-state index in [-0.39, 0.29) is 27.8 Å². The summed E-state index contributed by atoms with van der Waals surface area (Å²) >= 11 is 12.8. The fourth-order valence-electron chi connectivity index (χ4n) is 3.53. The molecule has 1 N–H and O–H groups in total. The van der Waals surface area contributed by atoms with Crippen LogP contribution in [-0.2, 0) is 14.3 Å². The van der Waals surface area contributed by atoms with Gasteiger partial charge in [-0.1, -0.05) is 23.2 Å². The third-order valence-corrected chi connectivity index (χ3v) is 6.72. The van der Waals surface area contributed by atoms with Crippen LogP contribution in [0.3, 0.4) is 0 Å². The number of anilines is 1. The molecule has 2 heterocycles. The molecule has 9 nitrogen and oxygen atoms in total. The van der Waals surface area contributed by atoms with E-state index in [1.807, 2.05) is 0 Å². The summed E-state index contributed by atoms with van der Waals surface area (Å²) in [7, 11) is 1.52. The van der Waals surface area contributed by atoms with Crippen molar-refractivity contribution in [2.75, 3.05) is 25.6 Å². The van der Waals surface area contributed by atoms with Gasteiger partial charge in [0.15, 0.2) is 0 Å². The second-order valence-corrected chi connectivity index (χ2v) is 9.61. The first-order chi connectivity index (χ1) is 18.2. The molecule has 12 heteroatoms. The van der Waals surface area contributed by atoms with E-state index in [4.69, 9.17) is 37.1 Å². The summed E-state index contributed by atoms with van der Waals surface area (Å²) in [6.45, 7) is 1.29. The van der Waals surface area contributed by atoms with Crippen LogP contribution in [-0.4, -0.2) is 48.2 Å². The van der Waals surface area contributed by atoms with Crippen molar-refractivity contribution >= 4 is 69.8 Å². The summed E-state index contributed by atoms with van der Waals surface area (Å²) in [5.74, 6) is -0.587. The van der Waals surface area contributed by atoms with E-state index in [1.54, 1.807) is 37.3 Å². The molecule has 1 saturated heterocycles. The highest BCUT2D eigenvalue weighted by Gasteiger charge is 2.36. The van der Waals surface area contributed by atoms with Crippen LogP contribution in [0.25, 0.3) is 17.4 Å².